The van der Waals surface area contributed by atoms with Gasteiger partial charge in [-0.1, -0.05) is 0 Å². The monoisotopic (exact) mass is 391 g/mol. The molecule has 1 N–H and O–H groups in total. The molecule has 0 unspecified atom stereocenters. The third-order valence-corrected chi connectivity index (χ3v) is 3.33. The summed E-state index contributed by atoms with van der Waals surface area (Å²) in [6, 6.07) is 6.54. The van der Waals surface area contributed by atoms with Crippen LogP contribution in [0.4, 0.5) is 32.0 Å². The molecule has 146 valence electrons. The van der Waals surface area contributed by atoms with Gasteiger partial charge in [0.1, 0.15) is 5.75 Å². The Morgan fingerprint density at radius 2 is 1.37 bits per heavy atom. The van der Waals surface area contributed by atoms with Crippen LogP contribution in [0.15, 0.2) is 42.5 Å². The zero-order valence-electron chi connectivity index (χ0n) is 14.2. The van der Waals surface area contributed by atoms with E-state index in [-0.39, 0.29) is 17.7 Å². The number of hydrogen-bond donors (Lipinski definition) is 1. The van der Waals surface area contributed by atoms with Gasteiger partial charge < -0.3 is 10.1 Å². The second kappa shape index (κ2) is 7.50. The Hall–Kier alpha value is -2.71. The Morgan fingerprint density at radius 1 is 0.889 bits per heavy atom. The quantitative estimate of drug-likeness (QED) is 0.673. The fourth-order valence-corrected chi connectivity index (χ4v) is 2.19. The number of anilines is 1. The minimum absolute atomic E-state index is 0.00625. The molecule has 0 radical (unpaired) electrons. The second-order valence-corrected chi connectivity index (χ2v) is 5.94. The summed E-state index contributed by atoms with van der Waals surface area (Å²) in [5.74, 6) is -0.376. The summed E-state index contributed by atoms with van der Waals surface area (Å²) in [6.07, 6.45) is -10.1. The van der Waals surface area contributed by atoms with Crippen molar-refractivity contribution in [1.82, 2.24) is 0 Å². The number of carbonyl (C=O) groups is 1. The van der Waals surface area contributed by atoms with Gasteiger partial charge in [0.05, 0.1) is 17.2 Å². The first-order chi connectivity index (χ1) is 12.4. The van der Waals surface area contributed by atoms with Crippen LogP contribution in [0.3, 0.4) is 0 Å². The van der Waals surface area contributed by atoms with E-state index in [1.165, 1.54) is 24.3 Å². The Balaban J connectivity index is 2.29. The van der Waals surface area contributed by atoms with Crippen LogP contribution in [0.25, 0.3) is 0 Å². The average molecular weight is 391 g/mol. The molecule has 0 aliphatic heterocycles. The van der Waals surface area contributed by atoms with Crippen molar-refractivity contribution in [3.05, 3.63) is 59.2 Å². The summed E-state index contributed by atoms with van der Waals surface area (Å²) in [5, 5.41) is 2.06. The molecule has 0 saturated heterocycles. The van der Waals surface area contributed by atoms with E-state index >= 15 is 0 Å². The number of carbonyl (C=O) groups excluding carboxylic acids is 1. The van der Waals surface area contributed by atoms with Crippen LogP contribution in [0, 0.1) is 0 Å². The zero-order valence-corrected chi connectivity index (χ0v) is 14.2. The number of hydrogen-bond acceptors (Lipinski definition) is 2. The number of ether oxygens (including phenoxy) is 1. The molecule has 0 heterocycles. The van der Waals surface area contributed by atoms with Crippen LogP contribution in [0.2, 0.25) is 0 Å². The van der Waals surface area contributed by atoms with E-state index < -0.39 is 35.1 Å². The van der Waals surface area contributed by atoms with Crippen molar-refractivity contribution < 1.29 is 35.9 Å². The predicted molar refractivity (Wildman–Crippen MR) is 86.6 cm³/mol. The van der Waals surface area contributed by atoms with Gasteiger partial charge in [0.2, 0.25) is 0 Å². The third-order valence-electron chi connectivity index (χ3n) is 3.33. The van der Waals surface area contributed by atoms with Crippen LogP contribution >= 0.6 is 0 Å². The lowest BCUT2D eigenvalue weighted by molar-refractivity contribution is -0.143. The van der Waals surface area contributed by atoms with Gasteiger partial charge in [0.15, 0.2) is 0 Å². The van der Waals surface area contributed by atoms with Gasteiger partial charge in [0.25, 0.3) is 5.91 Å². The third kappa shape index (κ3) is 5.63. The molecule has 0 fully saturated rings. The normalized spacial score (nSPS) is 12.2. The Labute approximate surface area is 150 Å². The molecular weight excluding hydrogens is 376 g/mol. The van der Waals surface area contributed by atoms with Crippen LogP contribution in [0.1, 0.15) is 35.3 Å². The van der Waals surface area contributed by atoms with E-state index in [4.69, 9.17) is 4.74 Å². The Bertz CT molecular complexity index is 778. The van der Waals surface area contributed by atoms with Gasteiger partial charge in [-0.2, -0.15) is 26.3 Å². The first-order valence-corrected chi connectivity index (χ1v) is 7.74. The van der Waals surface area contributed by atoms with Gasteiger partial charge in [-0.25, -0.2) is 0 Å². The molecule has 0 aliphatic rings. The summed E-state index contributed by atoms with van der Waals surface area (Å²) in [4.78, 5) is 12.2. The number of rotatable bonds is 4. The largest absolute Gasteiger partial charge is 0.491 e. The first-order valence-electron chi connectivity index (χ1n) is 7.74. The Morgan fingerprint density at radius 3 is 1.78 bits per heavy atom. The molecular formula is C18H15F6NO2. The molecule has 0 bridgehead atoms. The summed E-state index contributed by atoms with van der Waals surface area (Å²) >= 11 is 0. The molecule has 0 atom stereocenters. The van der Waals surface area contributed by atoms with Gasteiger partial charge in [-0.15, -0.1) is 0 Å². The highest BCUT2D eigenvalue weighted by atomic mass is 19.4. The minimum atomic E-state index is -4.99. The Kier molecular flexibility index (Phi) is 5.72. The highest BCUT2D eigenvalue weighted by Crippen LogP contribution is 2.37. The van der Waals surface area contributed by atoms with Crippen molar-refractivity contribution in [2.45, 2.75) is 32.3 Å². The van der Waals surface area contributed by atoms with Gasteiger partial charge in [-0.3, -0.25) is 4.79 Å². The van der Waals surface area contributed by atoms with Crippen LogP contribution in [0.5, 0.6) is 5.75 Å². The summed E-state index contributed by atoms with van der Waals surface area (Å²) in [6.45, 7) is 3.60. The van der Waals surface area contributed by atoms with E-state index in [0.717, 1.165) is 0 Å². The number of benzene rings is 2. The van der Waals surface area contributed by atoms with Crippen molar-refractivity contribution in [2.75, 3.05) is 5.32 Å². The molecule has 0 spiro atoms. The summed E-state index contributed by atoms with van der Waals surface area (Å²) in [5.41, 5.74) is -3.57. The van der Waals surface area contributed by atoms with Crippen molar-refractivity contribution in [3.63, 3.8) is 0 Å². The molecule has 0 aliphatic carbocycles. The van der Waals surface area contributed by atoms with Crippen LogP contribution in [-0.4, -0.2) is 12.0 Å². The number of alkyl halides is 6. The molecule has 0 saturated carbocycles. The smallest absolute Gasteiger partial charge is 0.416 e. The number of halogens is 6. The molecule has 1 amide bonds. The minimum Gasteiger partial charge on any atom is -0.491 e. The molecule has 2 aromatic carbocycles. The van der Waals surface area contributed by atoms with Crippen molar-refractivity contribution >= 4 is 11.6 Å². The van der Waals surface area contributed by atoms with Crippen molar-refractivity contribution in [1.29, 1.82) is 0 Å². The maximum atomic E-state index is 12.9. The van der Waals surface area contributed by atoms with Crippen molar-refractivity contribution in [3.8, 4) is 5.75 Å². The lowest BCUT2D eigenvalue weighted by Gasteiger charge is -2.15. The fourth-order valence-electron chi connectivity index (χ4n) is 2.19. The van der Waals surface area contributed by atoms with E-state index in [0.29, 0.717) is 17.9 Å². The molecule has 9 heteroatoms. The average Bonchev–Trinajstić information content (AvgIpc) is 2.53. The highest BCUT2D eigenvalue weighted by molar-refractivity contribution is 6.04. The fraction of sp³-hybridized carbons (Fsp3) is 0.278. The molecule has 27 heavy (non-hydrogen) atoms. The first kappa shape index (κ1) is 20.6. The maximum absolute atomic E-state index is 12.9. The molecule has 2 rings (SSSR count). The van der Waals surface area contributed by atoms with Gasteiger partial charge >= 0.3 is 12.4 Å². The van der Waals surface area contributed by atoms with Gasteiger partial charge in [-0.05, 0) is 56.3 Å². The van der Waals surface area contributed by atoms with Crippen molar-refractivity contribution in [2.24, 2.45) is 0 Å². The van der Waals surface area contributed by atoms with E-state index in [1.54, 1.807) is 13.8 Å². The van der Waals surface area contributed by atoms with Crippen LogP contribution < -0.4 is 10.1 Å². The standard InChI is InChI=1S/C18H15F6NO2/c1-10(2)27-15-5-3-11(4-6-15)16(26)25-14-8-12(17(19,20)21)7-13(9-14)18(22,23)24/h3-10H,1-2H3,(H,25,26). The lowest BCUT2D eigenvalue weighted by atomic mass is 10.1. The van der Waals surface area contributed by atoms with E-state index in [2.05, 4.69) is 5.32 Å². The summed E-state index contributed by atoms with van der Waals surface area (Å²) < 4.78 is 82.5. The van der Waals surface area contributed by atoms with E-state index in [1.807, 2.05) is 0 Å². The zero-order chi connectivity index (χ0) is 20.4. The summed E-state index contributed by atoms with van der Waals surface area (Å²) in [7, 11) is 0. The second-order valence-electron chi connectivity index (χ2n) is 5.94. The van der Waals surface area contributed by atoms with E-state index in [9.17, 15) is 31.1 Å². The number of amides is 1. The van der Waals surface area contributed by atoms with Crippen LogP contribution in [-0.2, 0) is 12.4 Å². The number of nitrogens with one attached hydrogen (secondary N) is 1. The van der Waals surface area contributed by atoms with Gasteiger partial charge in [0, 0.05) is 11.3 Å². The molecule has 0 aromatic heterocycles. The molecule has 3 nitrogen and oxygen atoms in total. The lowest BCUT2D eigenvalue weighted by Crippen LogP contribution is -2.16. The molecule has 2 aromatic rings. The highest BCUT2D eigenvalue weighted by Gasteiger charge is 2.37. The maximum Gasteiger partial charge on any atom is 0.416 e. The predicted octanol–water partition coefficient (Wildman–Crippen LogP) is 5.76. The SMILES string of the molecule is CC(C)Oc1ccc(C(=O)Nc2cc(C(F)(F)F)cc(C(F)(F)F)c2)cc1. The topological polar surface area (TPSA) is 38.3 Å².